The van der Waals surface area contributed by atoms with Crippen molar-refractivity contribution in [2.24, 2.45) is 0 Å². The summed E-state index contributed by atoms with van der Waals surface area (Å²) >= 11 is 16.9. The Morgan fingerprint density at radius 2 is 1.71 bits per heavy atom. The highest BCUT2D eigenvalue weighted by molar-refractivity contribution is 6.59. The average molecular weight is 295 g/mol. The highest BCUT2D eigenvalue weighted by Gasteiger charge is 2.15. The van der Waals surface area contributed by atoms with Gasteiger partial charge in [0.25, 0.3) is 5.69 Å². The van der Waals surface area contributed by atoms with Crippen molar-refractivity contribution in [3.63, 3.8) is 0 Å². The molecular weight excluding hydrogens is 284 g/mol. The minimum Gasteiger partial charge on any atom is -0.258 e. The summed E-state index contributed by atoms with van der Waals surface area (Å²) in [6.07, 6.45) is 0.365. The van der Waals surface area contributed by atoms with Crippen LogP contribution in [0.5, 0.6) is 0 Å². The second-order valence-electron chi connectivity index (χ2n) is 3.68. The monoisotopic (exact) mass is 293 g/mol. The van der Waals surface area contributed by atoms with E-state index >= 15 is 0 Å². The third-order valence-electron chi connectivity index (χ3n) is 2.30. The molecule has 0 radical (unpaired) electrons. The van der Waals surface area contributed by atoms with Crippen molar-refractivity contribution >= 4 is 40.5 Å². The van der Waals surface area contributed by atoms with E-state index in [2.05, 4.69) is 0 Å². The van der Waals surface area contributed by atoms with Crippen LogP contribution in [-0.4, -0.2) is 4.92 Å². The van der Waals surface area contributed by atoms with Gasteiger partial charge in [0.2, 0.25) is 0 Å². The maximum absolute atomic E-state index is 10.8. The van der Waals surface area contributed by atoms with Crippen molar-refractivity contribution < 1.29 is 4.92 Å². The van der Waals surface area contributed by atoms with Crippen molar-refractivity contribution in [2.45, 2.75) is 20.3 Å². The first-order chi connectivity index (χ1) is 7.82. The summed E-state index contributed by atoms with van der Waals surface area (Å²) in [5.41, 5.74) is 2.17. The highest BCUT2D eigenvalue weighted by Crippen LogP contribution is 2.27. The lowest BCUT2D eigenvalue weighted by Crippen LogP contribution is -1.97. The molecule has 0 aromatic heterocycles. The third kappa shape index (κ3) is 3.60. The predicted octanol–water partition coefficient (Wildman–Crippen LogP) is 4.64. The number of aryl methyl sites for hydroxylation is 2. The fourth-order valence-electron chi connectivity index (χ4n) is 1.68. The molecule has 0 aliphatic carbocycles. The topological polar surface area (TPSA) is 43.1 Å². The summed E-state index contributed by atoms with van der Waals surface area (Å²) in [5.74, 6) is 0. The Hall–Kier alpha value is -0.770. The smallest absolute Gasteiger partial charge is 0.258 e. The zero-order valence-corrected chi connectivity index (χ0v) is 11.5. The third-order valence-corrected chi connectivity index (χ3v) is 3.27. The molecule has 0 N–H and O–H groups in total. The molecule has 0 amide bonds. The molecule has 1 rings (SSSR count). The largest absolute Gasteiger partial charge is 0.275 e. The van der Waals surface area contributed by atoms with E-state index in [1.165, 1.54) is 0 Å². The maximum Gasteiger partial charge on any atom is 0.275 e. The summed E-state index contributed by atoms with van der Waals surface area (Å²) in [7, 11) is 0. The van der Waals surface area contributed by atoms with Gasteiger partial charge in [-0.25, -0.2) is 0 Å². The van der Waals surface area contributed by atoms with Gasteiger partial charge in [-0.3, -0.25) is 10.1 Å². The predicted molar refractivity (Wildman–Crippen MR) is 70.9 cm³/mol. The van der Waals surface area contributed by atoms with Gasteiger partial charge < -0.3 is 0 Å². The quantitative estimate of drug-likeness (QED) is 0.602. The van der Waals surface area contributed by atoms with Crippen LogP contribution in [0.4, 0.5) is 5.69 Å². The number of nitro groups is 1. The molecule has 0 bridgehead atoms. The highest BCUT2D eigenvalue weighted by atomic mass is 35.5. The first kappa shape index (κ1) is 14.3. The molecule has 0 saturated carbocycles. The van der Waals surface area contributed by atoms with E-state index < -0.39 is 0 Å². The molecule has 92 valence electrons. The van der Waals surface area contributed by atoms with Crippen LogP contribution < -0.4 is 0 Å². The molecule has 3 nitrogen and oxygen atoms in total. The van der Waals surface area contributed by atoms with E-state index in [0.717, 1.165) is 5.56 Å². The molecule has 0 unspecified atom stereocenters. The van der Waals surface area contributed by atoms with E-state index in [1.54, 1.807) is 26.0 Å². The van der Waals surface area contributed by atoms with Crippen molar-refractivity contribution in [3.8, 4) is 0 Å². The van der Waals surface area contributed by atoms with Crippen molar-refractivity contribution in [1.29, 1.82) is 0 Å². The summed E-state index contributed by atoms with van der Waals surface area (Å²) < 4.78 is 0.0142. The van der Waals surface area contributed by atoms with E-state index in [4.69, 9.17) is 34.8 Å². The minimum atomic E-state index is -0.388. The van der Waals surface area contributed by atoms with Gasteiger partial charge in [0, 0.05) is 17.5 Å². The van der Waals surface area contributed by atoms with E-state index in [1.807, 2.05) is 0 Å². The zero-order chi connectivity index (χ0) is 13.2. The standard InChI is InChI=1S/C11H10Cl3NO2/c1-6-3-8(5-9(12)11(13)14)4-7(2)10(6)15(16)17/h3-4H,5H2,1-2H3. The van der Waals surface area contributed by atoms with Crippen LogP contribution in [0.15, 0.2) is 21.7 Å². The molecule has 1 aromatic carbocycles. The minimum absolute atomic E-state index is 0.0142. The molecule has 0 aliphatic rings. The first-order valence-electron chi connectivity index (χ1n) is 4.77. The average Bonchev–Trinajstić information content (AvgIpc) is 2.15. The Morgan fingerprint density at radius 3 is 2.06 bits per heavy atom. The molecule has 0 heterocycles. The van der Waals surface area contributed by atoms with Crippen LogP contribution in [0, 0.1) is 24.0 Å². The summed E-state index contributed by atoms with van der Waals surface area (Å²) in [4.78, 5) is 10.4. The molecule has 6 heteroatoms. The Labute approximate surface area is 114 Å². The second-order valence-corrected chi connectivity index (χ2v) is 5.08. The van der Waals surface area contributed by atoms with Gasteiger partial charge in [0.05, 0.1) is 9.96 Å². The number of allylic oxidation sites excluding steroid dienone is 1. The number of hydrogen-bond acceptors (Lipinski definition) is 2. The lowest BCUT2D eigenvalue weighted by atomic mass is 10.0. The lowest BCUT2D eigenvalue weighted by molar-refractivity contribution is -0.386. The van der Waals surface area contributed by atoms with Gasteiger partial charge in [-0.15, -0.1) is 0 Å². The summed E-state index contributed by atoms with van der Waals surface area (Å²) in [6, 6.07) is 3.43. The Kier molecular flexibility index (Phi) is 4.80. The molecule has 0 saturated heterocycles. The van der Waals surface area contributed by atoms with Gasteiger partial charge in [-0.05, 0) is 31.5 Å². The number of halogens is 3. The number of hydrogen-bond donors (Lipinski definition) is 0. The van der Waals surface area contributed by atoms with Gasteiger partial charge in [-0.2, -0.15) is 0 Å². The Balaban J connectivity index is 3.16. The molecule has 0 aliphatic heterocycles. The van der Waals surface area contributed by atoms with Crippen LogP contribution in [0.3, 0.4) is 0 Å². The van der Waals surface area contributed by atoms with Crippen LogP contribution in [-0.2, 0) is 6.42 Å². The maximum atomic E-state index is 10.8. The van der Waals surface area contributed by atoms with E-state index in [-0.39, 0.29) is 15.1 Å². The van der Waals surface area contributed by atoms with Crippen molar-refractivity contribution in [2.75, 3.05) is 0 Å². The second kappa shape index (κ2) is 5.71. The van der Waals surface area contributed by atoms with Crippen molar-refractivity contribution in [1.82, 2.24) is 0 Å². The number of nitrogens with zero attached hydrogens (tertiary/aromatic N) is 1. The Bertz CT molecular complexity index is 470. The van der Waals surface area contributed by atoms with E-state index in [9.17, 15) is 10.1 Å². The first-order valence-corrected chi connectivity index (χ1v) is 5.90. The fraction of sp³-hybridized carbons (Fsp3) is 0.273. The normalized spacial score (nSPS) is 10.2. The molecule has 1 aromatic rings. The SMILES string of the molecule is Cc1cc(CC(Cl)=C(Cl)Cl)cc(C)c1[N+](=O)[O-]. The van der Waals surface area contributed by atoms with Crippen LogP contribution >= 0.6 is 34.8 Å². The number of benzene rings is 1. The van der Waals surface area contributed by atoms with Crippen LogP contribution in [0.1, 0.15) is 16.7 Å². The lowest BCUT2D eigenvalue weighted by Gasteiger charge is -2.06. The van der Waals surface area contributed by atoms with Crippen LogP contribution in [0.2, 0.25) is 0 Å². The number of rotatable bonds is 3. The Morgan fingerprint density at radius 1 is 1.24 bits per heavy atom. The zero-order valence-electron chi connectivity index (χ0n) is 9.26. The fourth-order valence-corrected chi connectivity index (χ4v) is 1.97. The molecule has 17 heavy (non-hydrogen) atoms. The molecule has 0 fully saturated rings. The van der Waals surface area contributed by atoms with E-state index in [0.29, 0.717) is 22.6 Å². The molecule has 0 atom stereocenters. The van der Waals surface area contributed by atoms with Crippen LogP contribution in [0.25, 0.3) is 0 Å². The van der Waals surface area contributed by atoms with Crippen molar-refractivity contribution in [3.05, 3.63) is 48.5 Å². The molecular formula is C11H10Cl3NO2. The number of nitro benzene ring substituents is 1. The summed E-state index contributed by atoms with van der Waals surface area (Å²) in [5, 5.41) is 11.1. The van der Waals surface area contributed by atoms with Gasteiger partial charge >= 0.3 is 0 Å². The van der Waals surface area contributed by atoms with Gasteiger partial charge in [-0.1, -0.05) is 34.8 Å². The molecule has 0 spiro atoms. The van der Waals surface area contributed by atoms with Gasteiger partial charge in [0.15, 0.2) is 0 Å². The van der Waals surface area contributed by atoms with Gasteiger partial charge in [0.1, 0.15) is 4.49 Å². The summed E-state index contributed by atoms with van der Waals surface area (Å²) in [6.45, 7) is 3.38.